The van der Waals surface area contributed by atoms with Gasteiger partial charge in [-0.05, 0) is 46.5 Å². The van der Waals surface area contributed by atoms with E-state index in [-0.39, 0.29) is 23.5 Å². The topological polar surface area (TPSA) is 67.4 Å². The van der Waals surface area contributed by atoms with E-state index in [1.54, 1.807) is 0 Å². The second-order valence-electron chi connectivity index (χ2n) is 8.05. The van der Waals surface area contributed by atoms with Gasteiger partial charge in [0.05, 0.1) is 5.54 Å². The molecule has 0 aromatic rings. The van der Waals surface area contributed by atoms with Crippen molar-refractivity contribution in [2.24, 2.45) is 5.92 Å². The van der Waals surface area contributed by atoms with Gasteiger partial charge in [-0.25, -0.2) is 4.79 Å². The fourth-order valence-corrected chi connectivity index (χ4v) is 3.33. The number of carbonyl (C=O) groups excluding carboxylic acids is 2. The summed E-state index contributed by atoms with van der Waals surface area (Å²) in [7, 11) is 0. The van der Waals surface area contributed by atoms with Crippen LogP contribution in [0.1, 0.15) is 86.0 Å². The number of hydrogen-bond donors (Lipinski definition) is 2. The van der Waals surface area contributed by atoms with Crippen LogP contribution in [0, 0.1) is 5.92 Å². The molecule has 2 amide bonds. The van der Waals surface area contributed by atoms with E-state index in [0.717, 1.165) is 38.5 Å². The molecule has 0 heterocycles. The standard InChI is InChI=1S/C19H36N2O3/c1-6-15(7-2)16(22)20-14-19(12-10-8-9-11-13-19)21-17(23)24-18(3,4)5/h15H,6-14H2,1-5H3,(H,20,22)(H,21,23). The lowest BCUT2D eigenvalue weighted by atomic mass is 9.89. The van der Waals surface area contributed by atoms with Crippen molar-refractivity contribution in [3.05, 3.63) is 0 Å². The predicted octanol–water partition coefficient (Wildman–Crippen LogP) is 4.16. The maximum atomic E-state index is 12.3. The quantitative estimate of drug-likeness (QED) is 0.714. The largest absolute Gasteiger partial charge is 0.444 e. The number of ether oxygens (including phenoxy) is 1. The van der Waals surface area contributed by atoms with Gasteiger partial charge in [0.25, 0.3) is 0 Å². The van der Waals surface area contributed by atoms with Crippen molar-refractivity contribution in [1.82, 2.24) is 10.6 Å². The highest BCUT2D eigenvalue weighted by molar-refractivity contribution is 5.78. The van der Waals surface area contributed by atoms with Gasteiger partial charge in [-0.2, -0.15) is 0 Å². The third-order valence-corrected chi connectivity index (χ3v) is 4.78. The molecule has 0 spiro atoms. The molecule has 1 aliphatic rings. The van der Waals surface area contributed by atoms with Gasteiger partial charge in [0.15, 0.2) is 0 Å². The van der Waals surface area contributed by atoms with Crippen LogP contribution in [0.3, 0.4) is 0 Å². The van der Waals surface area contributed by atoms with E-state index in [1.165, 1.54) is 12.8 Å². The fourth-order valence-electron chi connectivity index (χ4n) is 3.33. The molecule has 0 aromatic carbocycles. The first-order chi connectivity index (χ1) is 11.2. The van der Waals surface area contributed by atoms with Crippen LogP contribution in [0.25, 0.3) is 0 Å². The van der Waals surface area contributed by atoms with E-state index in [4.69, 9.17) is 4.74 Å². The third-order valence-electron chi connectivity index (χ3n) is 4.78. The average molecular weight is 341 g/mol. The number of alkyl carbamates (subject to hydrolysis) is 1. The Kier molecular flexibility index (Phi) is 8.04. The molecule has 0 atom stereocenters. The molecular weight excluding hydrogens is 304 g/mol. The second kappa shape index (κ2) is 9.28. The van der Waals surface area contributed by atoms with Crippen molar-refractivity contribution in [3.63, 3.8) is 0 Å². The van der Waals surface area contributed by atoms with Crippen LogP contribution in [-0.2, 0) is 9.53 Å². The molecule has 2 N–H and O–H groups in total. The summed E-state index contributed by atoms with van der Waals surface area (Å²) in [5.74, 6) is 0.143. The molecule has 1 fully saturated rings. The summed E-state index contributed by atoms with van der Waals surface area (Å²) < 4.78 is 5.44. The van der Waals surface area contributed by atoms with E-state index < -0.39 is 5.60 Å². The molecule has 1 rings (SSSR count). The molecular formula is C19H36N2O3. The fraction of sp³-hybridized carbons (Fsp3) is 0.895. The first-order valence-electron chi connectivity index (χ1n) is 9.50. The highest BCUT2D eigenvalue weighted by atomic mass is 16.6. The molecule has 24 heavy (non-hydrogen) atoms. The molecule has 1 aliphatic carbocycles. The Labute approximate surface area is 147 Å². The zero-order valence-electron chi connectivity index (χ0n) is 16.2. The summed E-state index contributed by atoms with van der Waals surface area (Å²) >= 11 is 0. The van der Waals surface area contributed by atoms with E-state index in [9.17, 15) is 9.59 Å². The lowest BCUT2D eigenvalue weighted by Gasteiger charge is -2.35. The van der Waals surface area contributed by atoms with Gasteiger partial charge in [0, 0.05) is 12.5 Å². The van der Waals surface area contributed by atoms with Crippen LogP contribution in [0.2, 0.25) is 0 Å². The Bertz CT molecular complexity index is 403. The highest BCUT2D eigenvalue weighted by Gasteiger charge is 2.35. The third kappa shape index (κ3) is 7.10. The molecule has 0 unspecified atom stereocenters. The molecule has 0 radical (unpaired) electrons. The number of carbonyl (C=O) groups is 2. The summed E-state index contributed by atoms with van der Waals surface area (Å²) in [5.41, 5.74) is -0.907. The van der Waals surface area contributed by atoms with Gasteiger partial charge in [-0.3, -0.25) is 4.79 Å². The normalized spacial score (nSPS) is 17.9. The lowest BCUT2D eigenvalue weighted by molar-refractivity contribution is -0.125. The Morgan fingerprint density at radius 3 is 2.04 bits per heavy atom. The molecule has 5 nitrogen and oxygen atoms in total. The van der Waals surface area contributed by atoms with Crippen molar-refractivity contribution in [3.8, 4) is 0 Å². The number of hydrogen-bond acceptors (Lipinski definition) is 3. The minimum absolute atomic E-state index is 0.0503. The van der Waals surface area contributed by atoms with Crippen molar-refractivity contribution in [1.29, 1.82) is 0 Å². The number of amides is 2. The SMILES string of the molecule is CCC(CC)C(=O)NCC1(NC(=O)OC(C)(C)C)CCCCCC1. The number of rotatable bonds is 6. The van der Waals surface area contributed by atoms with E-state index >= 15 is 0 Å². The first-order valence-corrected chi connectivity index (χ1v) is 9.50. The van der Waals surface area contributed by atoms with Gasteiger partial charge in [0.2, 0.25) is 5.91 Å². The molecule has 0 bridgehead atoms. The predicted molar refractivity (Wildman–Crippen MR) is 96.9 cm³/mol. The molecule has 1 saturated carbocycles. The van der Waals surface area contributed by atoms with Gasteiger partial charge in [-0.15, -0.1) is 0 Å². The summed E-state index contributed by atoms with van der Waals surface area (Å²) in [6.45, 7) is 10.1. The van der Waals surface area contributed by atoms with Crippen molar-refractivity contribution >= 4 is 12.0 Å². The van der Waals surface area contributed by atoms with Crippen LogP contribution in [0.15, 0.2) is 0 Å². The summed E-state index contributed by atoms with van der Waals surface area (Å²) in [6.07, 6.45) is 7.55. The average Bonchev–Trinajstić information content (AvgIpc) is 2.70. The zero-order valence-corrected chi connectivity index (χ0v) is 16.2. The Balaban J connectivity index is 2.75. The van der Waals surface area contributed by atoms with Crippen molar-refractivity contribution in [2.75, 3.05) is 6.54 Å². The minimum Gasteiger partial charge on any atom is -0.444 e. The highest BCUT2D eigenvalue weighted by Crippen LogP contribution is 2.27. The summed E-state index contributed by atoms with van der Waals surface area (Å²) in [6, 6.07) is 0. The Morgan fingerprint density at radius 2 is 1.58 bits per heavy atom. The smallest absolute Gasteiger partial charge is 0.408 e. The molecule has 0 aliphatic heterocycles. The molecule has 140 valence electrons. The first kappa shape index (κ1) is 20.8. The molecule has 5 heteroatoms. The minimum atomic E-state index is -0.519. The van der Waals surface area contributed by atoms with Crippen molar-refractivity contribution in [2.45, 2.75) is 97.1 Å². The van der Waals surface area contributed by atoms with Gasteiger partial charge in [-0.1, -0.05) is 39.5 Å². The summed E-state index contributed by atoms with van der Waals surface area (Å²) in [5, 5.41) is 6.17. The zero-order chi connectivity index (χ0) is 18.2. The van der Waals surface area contributed by atoms with Crippen LogP contribution >= 0.6 is 0 Å². The second-order valence-corrected chi connectivity index (χ2v) is 8.05. The van der Waals surface area contributed by atoms with E-state index in [2.05, 4.69) is 10.6 Å². The Morgan fingerprint density at radius 1 is 1.04 bits per heavy atom. The molecule has 0 saturated heterocycles. The van der Waals surface area contributed by atoms with E-state index in [0.29, 0.717) is 6.54 Å². The molecule has 0 aromatic heterocycles. The van der Waals surface area contributed by atoms with Crippen LogP contribution in [0.5, 0.6) is 0 Å². The lowest BCUT2D eigenvalue weighted by Crippen LogP contribution is -2.56. The summed E-state index contributed by atoms with van der Waals surface area (Å²) in [4.78, 5) is 24.6. The monoisotopic (exact) mass is 340 g/mol. The number of nitrogens with one attached hydrogen (secondary N) is 2. The van der Waals surface area contributed by atoms with Crippen LogP contribution in [0.4, 0.5) is 4.79 Å². The van der Waals surface area contributed by atoms with Crippen molar-refractivity contribution < 1.29 is 14.3 Å². The Hall–Kier alpha value is -1.26. The van der Waals surface area contributed by atoms with E-state index in [1.807, 2.05) is 34.6 Å². The van der Waals surface area contributed by atoms with Crippen LogP contribution in [-0.4, -0.2) is 29.7 Å². The van der Waals surface area contributed by atoms with Gasteiger partial charge < -0.3 is 15.4 Å². The van der Waals surface area contributed by atoms with Crippen LogP contribution < -0.4 is 10.6 Å². The maximum Gasteiger partial charge on any atom is 0.408 e. The maximum absolute atomic E-state index is 12.3. The van der Waals surface area contributed by atoms with Gasteiger partial charge in [0.1, 0.15) is 5.60 Å². The van der Waals surface area contributed by atoms with Gasteiger partial charge >= 0.3 is 6.09 Å².